The van der Waals surface area contributed by atoms with Crippen molar-refractivity contribution < 1.29 is 63.0 Å². The van der Waals surface area contributed by atoms with E-state index >= 15 is 4.79 Å². The zero-order valence-corrected chi connectivity index (χ0v) is 37.5. The molecule has 342 valence electrons. The Kier molecular flexibility index (Phi) is 14.0. The van der Waals surface area contributed by atoms with Gasteiger partial charge in [-0.2, -0.15) is 0 Å². The number of ether oxygens (including phenoxy) is 4. The van der Waals surface area contributed by atoms with E-state index in [4.69, 9.17) is 18.9 Å². The van der Waals surface area contributed by atoms with Gasteiger partial charge in [-0.15, -0.1) is 0 Å². The van der Waals surface area contributed by atoms with Crippen LogP contribution < -0.4 is 10.1 Å². The number of nitrogens with zero attached hydrogens (tertiary/aromatic N) is 2. The fourth-order valence-electron chi connectivity index (χ4n) is 8.87. The number of methoxy groups -OCH3 is 1. The molecule has 5 aliphatic rings. The molecule has 1 saturated heterocycles. The Balaban J connectivity index is 1.46. The van der Waals surface area contributed by atoms with Gasteiger partial charge >= 0.3 is 11.8 Å². The number of ketones is 3. The van der Waals surface area contributed by atoms with Gasteiger partial charge in [-0.05, 0) is 32.1 Å². The molecular weight excluding hydrogens is 827 g/mol. The van der Waals surface area contributed by atoms with Crippen LogP contribution in [-0.4, -0.2) is 124 Å². The second-order valence-electron chi connectivity index (χ2n) is 17.2. The lowest BCUT2D eigenvalue weighted by Gasteiger charge is -2.39. The summed E-state index contributed by atoms with van der Waals surface area (Å²) in [6.07, 6.45) is 3.28. The average molecular weight is 884 g/mol. The Morgan fingerprint density at radius 2 is 1.52 bits per heavy atom. The van der Waals surface area contributed by atoms with Gasteiger partial charge in [0.2, 0.25) is 11.6 Å². The molecule has 0 spiro atoms. The summed E-state index contributed by atoms with van der Waals surface area (Å²) in [6, 6.07) is 8.69. The van der Waals surface area contributed by atoms with Crippen LogP contribution in [0.25, 0.3) is 0 Å². The molecule has 64 heavy (non-hydrogen) atoms. The second kappa shape index (κ2) is 18.9. The number of amides is 2. The lowest BCUT2D eigenvalue weighted by molar-refractivity contribution is -0.160. The third-order valence-corrected chi connectivity index (χ3v) is 12.8. The molecule has 4 aliphatic heterocycles. The first-order valence-electron chi connectivity index (χ1n) is 21.4. The molecule has 4 N–H and O–H groups in total. The third-order valence-electron chi connectivity index (χ3n) is 12.8. The van der Waals surface area contributed by atoms with E-state index in [2.05, 4.69) is 5.32 Å². The van der Waals surface area contributed by atoms with Crippen LogP contribution in [0.1, 0.15) is 95.5 Å². The minimum Gasteiger partial charge on any atom is -0.507 e. The molecule has 5 bridgehead atoms. The number of benzene rings is 2. The number of aromatic hydroxyl groups is 1. The number of allylic oxidation sites excluding steroid dienone is 4. The van der Waals surface area contributed by atoms with E-state index in [9.17, 15) is 39.3 Å². The number of phenolic OH excluding ortho intramolecular Hbond substituents is 1. The van der Waals surface area contributed by atoms with Crippen molar-refractivity contribution in [2.24, 2.45) is 23.7 Å². The number of Topliss-reactive ketones (excluding diaryl/α,β-unsaturated/α-hetero) is 3. The van der Waals surface area contributed by atoms with E-state index in [-0.39, 0.29) is 60.2 Å². The van der Waals surface area contributed by atoms with E-state index in [1.54, 1.807) is 80.0 Å². The third kappa shape index (κ3) is 8.86. The zero-order valence-electron chi connectivity index (χ0n) is 37.5. The van der Waals surface area contributed by atoms with E-state index in [1.165, 1.54) is 53.2 Å². The minimum atomic E-state index is -2.12. The first-order valence-corrected chi connectivity index (χ1v) is 21.4. The van der Waals surface area contributed by atoms with Gasteiger partial charge in [0.1, 0.15) is 29.0 Å². The summed E-state index contributed by atoms with van der Waals surface area (Å²) in [5, 5.41) is 37.2. The molecule has 2 aromatic carbocycles. The van der Waals surface area contributed by atoms with Gasteiger partial charge in [0, 0.05) is 87.5 Å². The van der Waals surface area contributed by atoms with Gasteiger partial charge < -0.3 is 49.4 Å². The highest BCUT2D eigenvalue weighted by Gasteiger charge is 2.53. The molecule has 1 aliphatic carbocycles. The Labute approximate surface area is 372 Å². The number of hydrogen-bond donors (Lipinski definition) is 4. The molecule has 0 saturated carbocycles. The molecule has 16 nitrogen and oxygen atoms in total. The van der Waals surface area contributed by atoms with Gasteiger partial charge in [0.15, 0.2) is 0 Å². The molecule has 16 heteroatoms. The van der Waals surface area contributed by atoms with Gasteiger partial charge in [-0.25, -0.2) is 0 Å². The van der Waals surface area contributed by atoms with E-state index < -0.39 is 106 Å². The van der Waals surface area contributed by atoms with Crippen molar-refractivity contribution in [2.45, 2.75) is 85.6 Å². The lowest BCUT2D eigenvalue weighted by Crippen LogP contribution is -2.51. The fourth-order valence-corrected chi connectivity index (χ4v) is 8.87. The van der Waals surface area contributed by atoms with Crippen LogP contribution in [0, 0.1) is 30.6 Å². The molecule has 1 fully saturated rings. The first kappa shape index (κ1) is 47.4. The number of piperazine rings is 1. The monoisotopic (exact) mass is 883 g/mol. The highest BCUT2D eigenvalue weighted by molar-refractivity contribution is 6.32. The predicted molar refractivity (Wildman–Crippen MR) is 232 cm³/mol. The summed E-state index contributed by atoms with van der Waals surface area (Å²) in [7, 11) is 1.42. The normalized spacial score (nSPS) is 31.1. The Bertz CT molecular complexity index is 2340. The van der Waals surface area contributed by atoms with Gasteiger partial charge in [-0.3, -0.25) is 28.8 Å². The summed E-state index contributed by atoms with van der Waals surface area (Å²) in [4.78, 5) is 87.2. The highest BCUT2D eigenvalue weighted by Crippen LogP contribution is 2.49. The number of esters is 1. The van der Waals surface area contributed by atoms with Crippen LogP contribution in [0.5, 0.6) is 11.5 Å². The molecule has 7 rings (SSSR count). The number of aliphatic hydroxyl groups is 2. The number of hydrogen-bond acceptors (Lipinski definition) is 14. The number of phenols is 1. The van der Waals surface area contributed by atoms with Crippen molar-refractivity contribution in [1.82, 2.24) is 15.1 Å². The number of nitrogens with one attached hydrogen (secondary N) is 1. The van der Waals surface area contributed by atoms with Crippen molar-refractivity contribution in [3.63, 3.8) is 0 Å². The summed E-state index contributed by atoms with van der Waals surface area (Å²) in [6.45, 7) is 12.7. The smallest absolute Gasteiger partial charge is 0.312 e. The molecule has 2 amide bonds. The number of fused-ring (bicyclic) bond motifs is 14. The quantitative estimate of drug-likeness (QED) is 0.313. The van der Waals surface area contributed by atoms with Gasteiger partial charge in [-0.1, -0.05) is 64.1 Å². The number of rotatable bonds is 4. The molecule has 0 aromatic heterocycles. The molecule has 9 atom stereocenters. The van der Waals surface area contributed by atoms with Crippen LogP contribution in [-0.2, 0) is 23.8 Å². The molecule has 0 radical (unpaired) electrons. The van der Waals surface area contributed by atoms with Crippen molar-refractivity contribution in [3.8, 4) is 11.5 Å². The van der Waals surface area contributed by atoms with Crippen molar-refractivity contribution in [3.05, 3.63) is 106 Å². The first-order chi connectivity index (χ1) is 30.2. The Morgan fingerprint density at radius 1 is 0.859 bits per heavy atom. The van der Waals surface area contributed by atoms with Crippen molar-refractivity contribution in [2.75, 3.05) is 33.3 Å². The van der Waals surface area contributed by atoms with Crippen LogP contribution in [0.2, 0.25) is 0 Å². The van der Waals surface area contributed by atoms with Gasteiger partial charge in [0.05, 0.1) is 41.3 Å². The topological polar surface area (TPSA) is 219 Å². The highest BCUT2D eigenvalue weighted by atomic mass is 16.7. The van der Waals surface area contributed by atoms with Gasteiger partial charge in [0.25, 0.3) is 17.6 Å². The molecule has 4 heterocycles. The van der Waals surface area contributed by atoms with Crippen LogP contribution in [0.15, 0.2) is 77.9 Å². The maximum Gasteiger partial charge on any atom is 0.312 e. The van der Waals surface area contributed by atoms with E-state index in [0.717, 1.165) is 0 Å². The average Bonchev–Trinajstić information content (AvgIpc) is 3.54. The summed E-state index contributed by atoms with van der Waals surface area (Å²) < 4.78 is 23.6. The number of carbonyl (C=O) groups excluding carboxylic acids is 6. The second-order valence-corrected chi connectivity index (χ2v) is 17.2. The SMILES string of the molecule is CO[C@H]1/C=C/O[C@@]2(C)Oc3c(C)c(O)c4c(c3C2=O)C(=O)C(N2CCN(C(=O)c3ccccc3)CC2)=C(NC(=O)/C(C)=C\C=C\[C@H](C)[C@H](O)[C@@H](C)[C@H](O)[C@H](C)[C@H](OC(C)=O)[C@@H]1C)C4=O. The summed E-state index contributed by atoms with van der Waals surface area (Å²) >= 11 is 0. The van der Waals surface area contributed by atoms with E-state index in [1.807, 2.05) is 0 Å². The minimum absolute atomic E-state index is 0.0286. The maximum atomic E-state index is 15.0. The predicted octanol–water partition coefficient (Wildman–Crippen LogP) is 4.42. The number of aliphatic hydroxyl groups excluding tert-OH is 2. The Hall–Kier alpha value is -6.10. The zero-order chi connectivity index (χ0) is 46.9. The summed E-state index contributed by atoms with van der Waals surface area (Å²) in [5.74, 6) is -9.74. The lowest BCUT2D eigenvalue weighted by atomic mass is 9.78. The molecule has 0 unspecified atom stereocenters. The summed E-state index contributed by atoms with van der Waals surface area (Å²) in [5.41, 5.74) is -1.32. The van der Waals surface area contributed by atoms with Crippen LogP contribution in [0.4, 0.5) is 0 Å². The van der Waals surface area contributed by atoms with Crippen LogP contribution >= 0.6 is 0 Å². The molecule has 2 aromatic rings. The van der Waals surface area contributed by atoms with Crippen LogP contribution in [0.3, 0.4) is 0 Å². The Morgan fingerprint density at radius 3 is 2.14 bits per heavy atom. The van der Waals surface area contributed by atoms with Crippen molar-refractivity contribution in [1.29, 1.82) is 0 Å². The number of carbonyl (C=O) groups is 6. The standard InChI is InChI=1S/C48H57N3O13/c1-24-14-13-15-25(2)46(59)49-36-37(50-19-21-51(22-20-50)47(60)31-16-11-10-12-17-31)42(57)33-34(41(36)56)40(55)29(6)44-35(33)45(58)48(8,64-44)62-23-18-32(61-9)26(3)43(63-30(7)52)28(5)39(54)27(4)38(24)53/h10-18,23-24,26-28,32,38-39,43,53-55H,19-22H2,1-9H3,(H,49,59)/b14-13+,23-18+,25-15-/t24-,26+,27+,28-,32-,38-,39-,43+,48-/m0/s1. The fraction of sp³-hybridized carbons (Fsp3) is 0.458. The molecular formula is C48H57N3O13. The van der Waals surface area contributed by atoms with E-state index in [0.29, 0.717) is 5.56 Å². The maximum absolute atomic E-state index is 15.0. The van der Waals surface area contributed by atoms with Crippen molar-refractivity contribution >= 4 is 35.1 Å². The largest absolute Gasteiger partial charge is 0.507 e.